The van der Waals surface area contributed by atoms with E-state index >= 15 is 0 Å². The highest BCUT2D eigenvalue weighted by atomic mass is 16.5. The first-order valence-corrected chi connectivity index (χ1v) is 4.60. The van der Waals surface area contributed by atoms with Crippen molar-refractivity contribution in [3.63, 3.8) is 0 Å². The molecule has 0 aliphatic carbocycles. The highest BCUT2D eigenvalue weighted by Gasteiger charge is 2.07. The van der Waals surface area contributed by atoms with Crippen molar-refractivity contribution in [1.82, 2.24) is 15.0 Å². The van der Waals surface area contributed by atoms with Gasteiger partial charge in [0.1, 0.15) is 5.75 Å². The second-order valence-electron chi connectivity index (χ2n) is 2.94. The van der Waals surface area contributed by atoms with E-state index in [0.29, 0.717) is 0 Å². The van der Waals surface area contributed by atoms with E-state index in [9.17, 15) is 0 Å². The van der Waals surface area contributed by atoms with Crippen LogP contribution < -0.4 is 4.74 Å². The minimum Gasteiger partial charge on any atom is -0.465 e. The van der Waals surface area contributed by atoms with Crippen molar-refractivity contribution in [2.75, 3.05) is 0 Å². The number of aromatic nitrogens is 3. The summed E-state index contributed by atoms with van der Waals surface area (Å²) in [7, 11) is 0. The van der Waals surface area contributed by atoms with Crippen LogP contribution in [0.4, 0.5) is 0 Å². The minimum absolute atomic E-state index is 0.324. The molecule has 0 aliphatic rings. The molecule has 76 valence electrons. The molecule has 0 saturated carbocycles. The lowest BCUT2D eigenvalue weighted by Gasteiger charge is -2.14. The summed E-state index contributed by atoms with van der Waals surface area (Å²) in [6.07, 6.45) is 4.68. The van der Waals surface area contributed by atoms with E-state index in [1.54, 1.807) is 23.2 Å². The Morgan fingerprint density at radius 1 is 1.33 bits per heavy atom. The molecule has 4 heteroatoms. The van der Waals surface area contributed by atoms with Crippen LogP contribution in [0.15, 0.2) is 55.4 Å². The normalized spacial score (nSPS) is 12.0. The van der Waals surface area contributed by atoms with Crippen molar-refractivity contribution < 1.29 is 4.74 Å². The van der Waals surface area contributed by atoms with Crippen LogP contribution in [0.25, 0.3) is 0 Å². The molecule has 0 saturated heterocycles. The lowest BCUT2D eigenvalue weighted by atomic mass is 10.3. The summed E-state index contributed by atoms with van der Waals surface area (Å²) in [5.74, 6) is 0.776. The fraction of sp³-hybridized carbons (Fsp3) is 0.0909. The van der Waals surface area contributed by atoms with Gasteiger partial charge in [-0.1, -0.05) is 30.0 Å². The van der Waals surface area contributed by atoms with E-state index in [2.05, 4.69) is 16.9 Å². The maximum atomic E-state index is 5.65. The molecule has 0 bridgehead atoms. The number of benzene rings is 1. The van der Waals surface area contributed by atoms with Crippen molar-refractivity contribution in [1.29, 1.82) is 0 Å². The Morgan fingerprint density at radius 3 is 2.73 bits per heavy atom. The van der Waals surface area contributed by atoms with E-state index in [1.807, 2.05) is 30.3 Å². The van der Waals surface area contributed by atoms with Gasteiger partial charge in [0.2, 0.25) is 6.23 Å². The predicted octanol–water partition coefficient (Wildman–Crippen LogP) is 2.04. The first-order valence-electron chi connectivity index (χ1n) is 4.60. The van der Waals surface area contributed by atoms with Gasteiger partial charge in [0.15, 0.2) is 0 Å². The lowest BCUT2D eigenvalue weighted by Crippen LogP contribution is -2.13. The van der Waals surface area contributed by atoms with Crippen molar-refractivity contribution in [2.45, 2.75) is 6.23 Å². The molecule has 1 unspecified atom stereocenters. The minimum atomic E-state index is -0.324. The summed E-state index contributed by atoms with van der Waals surface area (Å²) in [5, 5.41) is 7.57. The Kier molecular flexibility index (Phi) is 2.78. The summed E-state index contributed by atoms with van der Waals surface area (Å²) >= 11 is 0. The van der Waals surface area contributed by atoms with Crippen LogP contribution in [0.3, 0.4) is 0 Å². The van der Waals surface area contributed by atoms with Gasteiger partial charge in [0.05, 0.1) is 6.20 Å². The molecule has 0 amide bonds. The summed E-state index contributed by atoms with van der Waals surface area (Å²) in [4.78, 5) is 0. The van der Waals surface area contributed by atoms with Gasteiger partial charge in [-0.25, -0.2) is 4.68 Å². The van der Waals surface area contributed by atoms with E-state index in [4.69, 9.17) is 4.74 Å². The van der Waals surface area contributed by atoms with Gasteiger partial charge in [0.25, 0.3) is 0 Å². The Balaban J connectivity index is 2.13. The fourth-order valence-electron chi connectivity index (χ4n) is 1.20. The van der Waals surface area contributed by atoms with Gasteiger partial charge >= 0.3 is 0 Å². The van der Waals surface area contributed by atoms with Gasteiger partial charge < -0.3 is 4.74 Å². The second kappa shape index (κ2) is 4.41. The molecule has 2 rings (SSSR count). The molecule has 1 aromatic carbocycles. The molecule has 4 nitrogen and oxygen atoms in total. The third-order valence-corrected chi connectivity index (χ3v) is 1.90. The quantitative estimate of drug-likeness (QED) is 0.711. The van der Waals surface area contributed by atoms with Gasteiger partial charge in [-0.3, -0.25) is 0 Å². The Labute approximate surface area is 87.8 Å². The van der Waals surface area contributed by atoms with E-state index in [1.165, 1.54) is 0 Å². The van der Waals surface area contributed by atoms with E-state index in [0.717, 1.165) is 5.75 Å². The molecule has 15 heavy (non-hydrogen) atoms. The Hall–Kier alpha value is -2.10. The third-order valence-electron chi connectivity index (χ3n) is 1.90. The maximum absolute atomic E-state index is 5.65. The zero-order valence-electron chi connectivity index (χ0n) is 8.15. The number of ether oxygens (including phenoxy) is 1. The number of hydrogen-bond donors (Lipinski definition) is 0. The van der Waals surface area contributed by atoms with Crippen LogP contribution in [0.2, 0.25) is 0 Å². The molecule has 1 atom stereocenters. The number of nitrogens with zero attached hydrogens (tertiary/aromatic N) is 3. The van der Waals surface area contributed by atoms with Crippen molar-refractivity contribution in [2.24, 2.45) is 0 Å². The van der Waals surface area contributed by atoms with E-state index in [-0.39, 0.29) is 6.23 Å². The molecule has 0 fully saturated rings. The molecule has 1 heterocycles. The fourth-order valence-corrected chi connectivity index (χ4v) is 1.20. The molecule has 0 spiro atoms. The third kappa shape index (κ3) is 2.22. The predicted molar refractivity (Wildman–Crippen MR) is 56.3 cm³/mol. The maximum Gasteiger partial charge on any atom is 0.212 e. The van der Waals surface area contributed by atoms with Gasteiger partial charge in [0, 0.05) is 6.20 Å². The van der Waals surface area contributed by atoms with Gasteiger partial charge in [-0.2, -0.15) is 0 Å². The molecule has 0 radical (unpaired) electrons. The second-order valence-corrected chi connectivity index (χ2v) is 2.94. The lowest BCUT2D eigenvalue weighted by molar-refractivity contribution is 0.165. The van der Waals surface area contributed by atoms with Crippen LogP contribution in [-0.4, -0.2) is 15.0 Å². The molecule has 0 N–H and O–H groups in total. The highest BCUT2D eigenvalue weighted by molar-refractivity contribution is 5.21. The summed E-state index contributed by atoms with van der Waals surface area (Å²) in [5.41, 5.74) is 0. The van der Waals surface area contributed by atoms with Crippen LogP contribution >= 0.6 is 0 Å². The topological polar surface area (TPSA) is 39.9 Å². The SMILES string of the molecule is C=CC(Oc1ccccc1)n1ccnn1. The summed E-state index contributed by atoms with van der Waals surface area (Å²) < 4.78 is 7.25. The average Bonchev–Trinajstić information content (AvgIpc) is 2.81. The van der Waals surface area contributed by atoms with Crippen molar-refractivity contribution in [3.8, 4) is 5.75 Å². The molecular weight excluding hydrogens is 190 g/mol. The molecular formula is C11H11N3O. The van der Waals surface area contributed by atoms with Crippen LogP contribution in [0.5, 0.6) is 5.75 Å². The summed E-state index contributed by atoms with van der Waals surface area (Å²) in [6, 6.07) is 9.53. The first-order chi connectivity index (χ1) is 7.40. The Morgan fingerprint density at radius 2 is 2.13 bits per heavy atom. The monoisotopic (exact) mass is 201 g/mol. The zero-order chi connectivity index (χ0) is 10.5. The van der Waals surface area contributed by atoms with Crippen molar-refractivity contribution >= 4 is 0 Å². The molecule has 2 aromatic rings. The zero-order valence-corrected chi connectivity index (χ0v) is 8.15. The number of hydrogen-bond acceptors (Lipinski definition) is 3. The average molecular weight is 201 g/mol. The number of para-hydroxylation sites is 1. The number of rotatable bonds is 4. The van der Waals surface area contributed by atoms with Crippen LogP contribution in [0, 0.1) is 0 Å². The first kappa shape index (κ1) is 9.45. The summed E-state index contributed by atoms with van der Waals surface area (Å²) in [6.45, 7) is 3.70. The largest absolute Gasteiger partial charge is 0.465 e. The van der Waals surface area contributed by atoms with E-state index < -0.39 is 0 Å². The van der Waals surface area contributed by atoms with Crippen molar-refractivity contribution in [3.05, 3.63) is 55.4 Å². The smallest absolute Gasteiger partial charge is 0.212 e. The standard InChI is InChI=1S/C11H11N3O/c1-2-11(14-9-8-12-13-14)15-10-6-4-3-5-7-10/h2-9,11H,1H2. The highest BCUT2D eigenvalue weighted by Crippen LogP contribution is 2.16. The van der Waals surface area contributed by atoms with Gasteiger partial charge in [-0.05, 0) is 18.2 Å². The van der Waals surface area contributed by atoms with Crippen LogP contribution in [-0.2, 0) is 0 Å². The van der Waals surface area contributed by atoms with Gasteiger partial charge in [-0.15, -0.1) is 5.10 Å². The molecule has 1 aromatic heterocycles. The Bertz CT molecular complexity index is 411. The van der Waals surface area contributed by atoms with Crippen LogP contribution in [0.1, 0.15) is 6.23 Å². The molecule has 0 aliphatic heterocycles.